The SMILES string of the molecule is CC(C)[C@H](NS(=O)(=O)c1ccc2c(c1)OCCO2)C(=O)OCC(=O)Nc1ccccc1Cl. The summed E-state index contributed by atoms with van der Waals surface area (Å²) in [5.41, 5.74) is 0.370. The lowest BCUT2D eigenvalue weighted by Crippen LogP contribution is -2.45. The number of ether oxygens (including phenoxy) is 3. The quantitative estimate of drug-likeness (QED) is 0.555. The minimum Gasteiger partial charge on any atom is -0.486 e. The number of para-hydroxylation sites is 1. The Balaban J connectivity index is 1.64. The molecule has 2 aromatic carbocycles. The first-order valence-electron chi connectivity index (χ1n) is 9.80. The van der Waals surface area contributed by atoms with Gasteiger partial charge in [0.05, 0.1) is 15.6 Å². The number of fused-ring (bicyclic) bond motifs is 1. The lowest BCUT2D eigenvalue weighted by Gasteiger charge is -2.22. The Hall–Kier alpha value is -2.82. The Kier molecular flexibility index (Phi) is 7.60. The van der Waals surface area contributed by atoms with Gasteiger partial charge in [-0.3, -0.25) is 9.59 Å². The fourth-order valence-corrected chi connectivity index (χ4v) is 4.39. The van der Waals surface area contributed by atoms with Crippen molar-refractivity contribution in [3.05, 3.63) is 47.5 Å². The molecule has 1 atom stereocenters. The molecule has 0 saturated carbocycles. The standard InChI is InChI=1S/C21H23ClN2O7S/c1-13(2)20(21(26)31-12-19(25)23-16-6-4-3-5-15(16)22)24-32(27,28)14-7-8-17-18(11-14)30-10-9-29-17/h3-8,11,13,20,24H,9-10,12H2,1-2H3,(H,23,25)/t20-/m0/s1. The normalized spacial score (nSPS) is 14.0. The number of sulfonamides is 1. The molecule has 9 nitrogen and oxygen atoms in total. The van der Waals surface area contributed by atoms with Crippen LogP contribution in [0.25, 0.3) is 0 Å². The predicted molar refractivity (Wildman–Crippen MR) is 117 cm³/mol. The van der Waals surface area contributed by atoms with Crippen LogP contribution >= 0.6 is 11.6 Å². The zero-order valence-corrected chi connectivity index (χ0v) is 19.0. The van der Waals surface area contributed by atoms with Gasteiger partial charge < -0.3 is 19.5 Å². The molecule has 1 aliphatic heterocycles. The van der Waals surface area contributed by atoms with Gasteiger partial charge in [-0.05, 0) is 30.2 Å². The summed E-state index contributed by atoms with van der Waals surface area (Å²) in [5, 5.41) is 2.86. The summed E-state index contributed by atoms with van der Waals surface area (Å²) in [6.07, 6.45) is 0. The number of rotatable bonds is 8. The summed E-state index contributed by atoms with van der Waals surface area (Å²) < 4.78 is 43.9. The van der Waals surface area contributed by atoms with E-state index in [9.17, 15) is 18.0 Å². The van der Waals surface area contributed by atoms with E-state index in [4.69, 9.17) is 25.8 Å². The highest BCUT2D eigenvalue weighted by atomic mass is 35.5. The highest BCUT2D eigenvalue weighted by Gasteiger charge is 2.31. The molecule has 0 bridgehead atoms. The molecule has 172 valence electrons. The summed E-state index contributed by atoms with van der Waals surface area (Å²) in [7, 11) is -4.08. The van der Waals surface area contributed by atoms with E-state index in [0.717, 1.165) is 0 Å². The number of nitrogens with one attached hydrogen (secondary N) is 2. The Morgan fingerprint density at radius 3 is 2.47 bits per heavy atom. The van der Waals surface area contributed by atoms with Crippen LogP contribution in [0.4, 0.5) is 5.69 Å². The smallest absolute Gasteiger partial charge is 0.324 e. The third kappa shape index (κ3) is 5.90. The summed E-state index contributed by atoms with van der Waals surface area (Å²) in [6, 6.07) is 9.57. The lowest BCUT2D eigenvalue weighted by molar-refractivity contribution is -0.150. The van der Waals surface area contributed by atoms with Crippen LogP contribution in [-0.4, -0.2) is 46.2 Å². The molecule has 2 N–H and O–H groups in total. The first-order valence-corrected chi connectivity index (χ1v) is 11.7. The number of carbonyl (C=O) groups excluding carboxylic acids is 2. The van der Waals surface area contributed by atoms with Crippen LogP contribution in [-0.2, 0) is 24.3 Å². The molecular formula is C21H23ClN2O7S. The van der Waals surface area contributed by atoms with Gasteiger partial charge in [-0.1, -0.05) is 37.6 Å². The molecule has 0 aromatic heterocycles. The second-order valence-corrected chi connectivity index (χ2v) is 9.41. The number of benzene rings is 2. The Morgan fingerprint density at radius 2 is 1.78 bits per heavy atom. The molecule has 0 spiro atoms. The van der Waals surface area contributed by atoms with Crippen LogP contribution in [0, 0.1) is 5.92 Å². The van der Waals surface area contributed by atoms with Gasteiger partial charge in [0.25, 0.3) is 5.91 Å². The van der Waals surface area contributed by atoms with E-state index in [1.54, 1.807) is 38.1 Å². The highest BCUT2D eigenvalue weighted by Crippen LogP contribution is 2.32. The molecule has 0 saturated heterocycles. The lowest BCUT2D eigenvalue weighted by atomic mass is 10.1. The van der Waals surface area contributed by atoms with Crippen molar-refractivity contribution in [1.29, 1.82) is 0 Å². The van der Waals surface area contributed by atoms with Crippen LogP contribution in [0.3, 0.4) is 0 Å². The second kappa shape index (κ2) is 10.2. The van der Waals surface area contributed by atoms with Crippen molar-refractivity contribution >= 4 is 39.2 Å². The number of hydrogen-bond acceptors (Lipinski definition) is 7. The number of anilines is 1. The molecular weight excluding hydrogens is 460 g/mol. The number of halogens is 1. The van der Waals surface area contributed by atoms with Crippen molar-refractivity contribution in [3.8, 4) is 11.5 Å². The highest BCUT2D eigenvalue weighted by molar-refractivity contribution is 7.89. The third-order valence-corrected chi connectivity index (χ3v) is 6.29. The van der Waals surface area contributed by atoms with E-state index in [-0.39, 0.29) is 4.90 Å². The van der Waals surface area contributed by atoms with Gasteiger partial charge in [-0.2, -0.15) is 4.72 Å². The van der Waals surface area contributed by atoms with Crippen molar-refractivity contribution in [2.24, 2.45) is 5.92 Å². The van der Waals surface area contributed by atoms with E-state index in [0.29, 0.717) is 35.4 Å². The maximum absolute atomic E-state index is 12.8. The molecule has 2 aromatic rings. The maximum Gasteiger partial charge on any atom is 0.324 e. The van der Waals surface area contributed by atoms with Gasteiger partial charge in [0.15, 0.2) is 18.1 Å². The number of carbonyl (C=O) groups is 2. The minimum absolute atomic E-state index is 0.0864. The molecule has 0 fully saturated rings. The molecule has 1 amide bonds. The molecule has 32 heavy (non-hydrogen) atoms. The van der Waals surface area contributed by atoms with Gasteiger partial charge >= 0.3 is 5.97 Å². The Bertz CT molecular complexity index is 1110. The number of amides is 1. The molecule has 0 radical (unpaired) electrons. The molecule has 11 heteroatoms. The topological polar surface area (TPSA) is 120 Å². The summed E-state index contributed by atoms with van der Waals surface area (Å²) in [4.78, 5) is 24.6. The van der Waals surface area contributed by atoms with Crippen LogP contribution in [0.2, 0.25) is 5.02 Å². The summed E-state index contributed by atoms with van der Waals surface area (Å²) in [5.74, 6) is -1.18. The first kappa shape index (κ1) is 23.8. The average Bonchev–Trinajstić information content (AvgIpc) is 2.77. The predicted octanol–water partition coefficient (Wildman–Crippen LogP) is 2.60. The van der Waals surface area contributed by atoms with Crippen LogP contribution in [0.15, 0.2) is 47.4 Å². The van der Waals surface area contributed by atoms with Crippen LogP contribution in [0.5, 0.6) is 11.5 Å². The second-order valence-electron chi connectivity index (χ2n) is 7.28. The zero-order valence-electron chi connectivity index (χ0n) is 17.5. The van der Waals surface area contributed by atoms with Gasteiger partial charge in [0.1, 0.15) is 19.3 Å². The zero-order chi connectivity index (χ0) is 23.3. The van der Waals surface area contributed by atoms with E-state index in [2.05, 4.69) is 10.0 Å². The van der Waals surface area contributed by atoms with E-state index < -0.39 is 40.5 Å². The maximum atomic E-state index is 12.8. The largest absolute Gasteiger partial charge is 0.486 e. The van der Waals surface area contributed by atoms with E-state index in [1.165, 1.54) is 18.2 Å². The minimum atomic E-state index is -4.08. The molecule has 1 heterocycles. The van der Waals surface area contributed by atoms with Gasteiger partial charge in [0.2, 0.25) is 10.0 Å². The molecule has 1 aliphatic rings. The Morgan fingerprint density at radius 1 is 1.09 bits per heavy atom. The van der Waals surface area contributed by atoms with E-state index in [1.807, 2.05) is 0 Å². The number of esters is 1. The average molecular weight is 483 g/mol. The molecule has 0 aliphatic carbocycles. The van der Waals surface area contributed by atoms with Crippen molar-refractivity contribution in [2.75, 3.05) is 25.1 Å². The summed E-state index contributed by atoms with van der Waals surface area (Å²) in [6.45, 7) is 3.40. The van der Waals surface area contributed by atoms with Crippen molar-refractivity contribution < 1.29 is 32.2 Å². The first-order chi connectivity index (χ1) is 15.2. The van der Waals surface area contributed by atoms with Crippen LogP contribution in [0.1, 0.15) is 13.8 Å². The van der Waals surface area contributed by atoms with Gasteiger partial charge in [-0.25, -0.2) is 8.42 Å². The van der Waals surface area contributed by atoms with E-state index >= 15 is 0 Å². The molecule has 0 unspecified atom stereocenters. The number of hydrogen-bond donors (Lipinski definition) is 2. The van der Waals surface area contributed by atoms with Crippen molar-refractivity contribution in [1.82, 2.24) is 4.72 Å². The molecule has 3 rings (SSSR count). The summed E-state index contributed by atoms with van der Waals surface area (Å²) >= 11 is 5.98. The van der Waals surface area contributed by atoms with Crippen molar-refractivity contribution in [3.63, 3.8) is 0 Å². The van der Waals surface area contributed by atoms with Gasteiger partial charge in [-0.15, -0.1) is 0 Å². The van der Waals surface area contributed by atoms with Crippen molar-refractivity contribution in [2.45, 2.75) is 24.8 Å². The van der Waals surface area contributed by atoms with Crippen LogP contribution < -0.4 is 19.5 Å². The van der Waals surface area contributed by atoms with Gasteiger partial charge in [0, 0.05) is 6.07 Å². The monoisotopic (exact) mass is 482 g/mol. The third-order valence-electron chi connectivity index (χ3n) is 4.52. The fraction of sp³-hybridized carbons (Fsp3) is 0.333. The fourth-order valence-electron chi connectivity index (χ4n) is 2.86. The Labute approximate surface area is 191 Å².